The molecule has 2 aromatic carbocycles. The lowest BCUT2D eigenvalue weighted by Crippen LogP contribution is -2.42. The van der Waals surface area contributed by atoms with Crippen molar-refractivity contribution in [3.05, 3.63) is 71.5 Å². The Bertz CT molecular complexity index is 1040. The molecule has 1 heterocycles. The quantitative estimate of drug-likeness (QED) is 0.589. The average Bonchev–Trinajstić information content (AvgIpc) is 2.73. The van der Waals surface area contributed by atoms with E-state index in [9.17, 15) is 17.6 Å². The number of hydrogen-bond donors (Lipinski definition) is 0. The molecule has 1 saturated heterocycles. The number of carbonyl (C=O) groups is 1. The van der Waals surface area contributed by atoms with Crippen molar-refractivity contribution >= 4 is 33.2 Å². The molecule has 2 aromatic rings. The van der Waals surface area contributed by atoms with Crippen LogP contribution in [0, 0.1) is 5.82 Å². The summed E-state index contributed by atoms with van der Waals surface area (Å²) >= 11 is 6.24. The molecule has 0 N–H and O–H groups in total. The topological polar surface area (TPSA) is 57.7 Å². The number of halogens is 2. The SMILES string of the molecule is C=CCN(c1ccc(F)cc1)S(=O)(=O)c1cc(C(=O)N2CCCCC2C)ccc1Cl. The summed E-state index contributed by atoms with van der Waals surface area (Å²) in [6.45, 7) is 6.21. The van der Waals surface area contributed by atoms with Crippen molar-refractivity contribution in [3.63, 3.8) is 0 Å². The van der Waals surface area contributed by atoms with Crippen molar-refractivity contribution in [2.24, 2.45) is 0 Å². The van der Waals surface area contributed by atoms with E-state index in [2.05, 4.69) is 6.58 Å². The molecule has 0 radical (unpaired) electrons. The van der Waals surface area contributed by atoms with E-state index < -0.39 is 15.8 Å². The smallest absolute Gasteiger partial charge is 0.266 e. The fourth-order valence-electron chi connectivity index (χ4n) is 3.59. The van der Waals surface area contributed by atoms with Gasteiger partial charge in [-0.15, -0.1) is 6.58 Å². The Kier molecular flexibility index (Phi) is 6.83. The maximum Gasteiger partial charge on any atom is 0.266 e. The van der Waals surface area contributed by atoms with Gasteiger partial charge in [0.25, 0.3) is 15.9 Å². The molecule has 1 fully saturated rings. The average molecular weight is 451 g/mol. The van der Waals surface area contributed by atoms with Gasteiger partial charge in [0.15, 0.2) is 0 Å². The zero-order valence-electron chi connectivity index (χ0n) is 16.7. The van der Waals surface area contributed by atoms with Crippen molar-refractivity contribution < 1.29 is 17.6 Å². The minimum Gasteiger partial charge on any atom is -0.336 e. The van der Waals surface area contributed by atoms with Crippen LogP contribution < -0.4 is 4.31 Å². The van der Waals surface area contributed by atoms with Crippen molar-refractivity contribution in [3.8, 4) is 0 Å². The molecule has 1 unspecified atom stereocenters. The first-order chi connectivity index (χ1) is 14.3. The second kappa shape index (κ2) is 9.18. The lowest BCUT2D eigenvalue weighted by molar-refractivity contribution is 0.0635. The highest BCUT2D eigenvalue weighted by molar-refractivity contribution is 7.93. The van der Waals surface area contributed by atoms with Crippen LogP contribution >= 0.6 is 11.6 Å². The molecular formula is C22H24ClFN2O3S. The summed E-state index contributed by atoms with van der Waals surface area (Å²) in [6, 6.07) is 9.48. The zero-order valence-corrected chi connectivity index (χ0v) is 18.3. The summed E-state index contributed by atoms with van der Waals surface area (Å²) in [5, 5.41) is 0.00872. The normalized spacial score (nSPS) is 16.9. The fourth-order valence-corrected chi connectivity index (χ4v) is 5.52. The van der Waals surface area contributed by atoms with E-state index in [1.165, 1.54) is 42.5 Å². The molecule has 0 saturated carbocycles. The minimum atomic E-state index is -4.12. The van der Waals surface area contributed by atoms with E-state index in [1.807, 2.05) is 6.92 Å². The van der Waals surface area contributed by atoms with Crippen LogP contribution in [0.25, 0.3) is 0 Å². The van der Waals surface area contributed by atoms with Gasteiger partial charge in [-0.25, -0.2) is 12.8 Å². The van der Waals surface area contributed by atoms with Gasteiger partial charge in [0.2, 0.25) is 0 Å². The van der Waals surface area contributed by atoms with E-state index in [1.54, 1.807) is 11.0 Å². The van der Waals surface area contributed by atoms with E-state index >= 15 is 0 Å². The third kappa shape index (κ3) is 4.52. The maximum absolute atomic E-state index is 13.4. The zero-order chi connectivity index (χ0) is 21.9. The van der Waals surface area contributed by atoms with Crippen LogP contribution in [0.5, 0.6) is 0 Å². The molecule has 0 spiro atoms. The first-order valence-electron chi connectivity index (χ1n) is 9.75. The summed E-state index contributed by atoms with van der Waals surface area (Å²) in [5.74, 6) is -0.691. The number of rotatable bonds is 6. The summed E-state index contributed by atoms with van der Waals surface area (Å²) in [5.41, 5.74) is 0.540. The number of hydrogen-bond acceptors (Lipinski definition) is 3. The Morgan fingerprint density at radius 3 is 2.60 bits per heavy atom. The Morgan fingerprint density at radius 2 is 1.97 bits per heavy atom. The van der Waals surface area contributed by atoms with Crippen LogP contribution in [0.1, 0.15) is 36.5 Å². The molecule has 0 bridgehead atoms. The Morgan fingerprint density at radius 1 is 1.27 bits per heavy atom. The van der Waals surface area contributed by atoms with Gasteiger partial charge in [-0.3, -0.25) is 9.10 Å². The summed E-state index contributed by atoms with van der Waals surface area (Å²) in [6.07, 6.45) is 4.34. The molecule has 0 aliphatic carbocycles. The minimum absolute atomic E-state index is 0.00872. The highest BCUT2D eigenvalue weighted by Crippen LogP contribution is 2.30. The number of carbonyl (C=O) groups excluding carboxylic acids is 1. The van der Waals surface area contributed by atoms with Crippen LogP contribution in [-0.4, -0.2) is 38.4 Å². The largest absolute Gasteiger partial charge is 0.336 e. The van der Waals surface area contributed by atoms with Crippen molar-refractivity contribution in [1.82, 2.24) is 4.90 Å². The van der Waals surface area contributed by atoms with Gasteiger partial charge in [0.05, 0.1) is 17.3 Å². The van der Waals surface area contributed by atoms with Crippen molar-refractivity contribution in [2.75, 3.05) is 17.4 Å². The lowest BCUT2D eigenvalue weighted by atomic mass is 10.0. The predicted molar refractivity (Wildman–Crippen MR) is 117 cm³/mol. The van der Waals surface area contributed by atoms with Crippen LogP contribution in [-0.2, 0) is 10.0 Å². The highest BCUT2D eigenvalue weighted by atomic mass is 35.5. The molecule has 3 rings (SSSR count). The fraction of sp³-hybridized carbons (Fsp3) is 0.318. The van der Waals surface area contributed by atoms with E-state index in [4.69, 9.17) is 11.6 Å². The second-order valence-corrected chi connectivity index (χ2v) is 9.53. The molecule has 1 amide bonds. The maximum atomic E-state index is 13.4. The monoisotopic (exact) mass is 450 g/mol. The Hall–Kier alpha value is -2.38. The van der Waals surface area contributed by atoms with Crippen molar-refractivity contribution in [1.29, 1.82) is 0 Å². The summed E-state index contributed by atoms with van der Waals surface area (Å²) in [4.78, 5) is 14.6. The third-order valence-electron chi connectivity index (χ3n) is 5.22. The Balaban J connectivity index is 2.02. The molecule has 160 valence electrons. The molecule has 5 nitrogen and oxygen atoms in total. The number of amides is 1. The van der Waals surface area contributed by atoms with Crippen LogP contribution in [0.15, 0.2) is 60.0 Å². The third-order valence-corrected chi connectivity index (χ3v) is 7.49. The first kappa shape index (κ1) is 22.3. The van der Waals surface area contributed by atoms with Crippen LogP contribution in [0.3, 0.4) is 0 Å². The molecule has 30 heavy (non-hydrogen) atoms. The van der Waals surface area contributed by atoms with Gasteiger partial charge in [-0.05, 0) is 68.7 Å². The molecule has 1 aliphatic heterocycles. The second-order valence-electron chi connectivity index (χ2n) is 7.29. The molecule has 8 heteroatoms. The highest BCUT2D eigenvalue weighted by Gasteiger charge is 2.30. The first-order valence-corrected chi connectivity index (χ1v) is 11.6. The van der Waals surface area contributed by atoms with Gasteiger partial charge in [0, 0.05) is 18.2 Å². The standard InChI is InChI=1S/C22H24ClFN2O3S/c1-3-13-26(19-10-8-18(24)9-11-19)30(28,29)21-15-17(7-12-20(21)23)22(27)25-14-5-4-6-16(25)2/h3,7-12,15-16H,1,4-6,13-14H2,2H3. The summed E-state index contributed by atoms with van der Waals surface area (Å²) in [7, 11) is -4.12. The number of sulfonamides is 1. The number of anilines is 1. The van der Waals surface area contributed by atoms with Crippen molar-refractivity contribution in [2.45, 2.75) is 37.1 Å². The number of nitrogens with zero attached hydrogens (tertiary/aromatic N) is 2. The van der Waals surface area contributed by atoms with Crippen LogP contribution in [0.4, 0.5) is 10.1 Å². The van der Waals surface area contributed by atoms with Crippen LogP contribution in [0.2, 0.25) is 5.02 Å². The number of piperidine rings is 1. The number of likely N-dealkylation sites (tertiary alicyclic amines) is 1. The Labute approximate surface area is 181 Å². The van der Waals surface area contributed by atoms with Gasteiger partial charge in [-0.2, -0.15) is 0 Å². The van der Waals surface area contributed by atoms with E-state index in [-0.39, 0.29) is 39.7 Å². The van der Waals surface area contributed by atoms with Gasteiger partial charge in [-0.1, -0.05) is 17.7 Å². The molecular weight excluding hydrogens is 427 g/mol. The molecule has 1 aliphatic rings. The summed E-state index contributed by atoms with van der Waals surface area (Å²) < 4.78 is 41.2. The van der Waals surface area contributed by atoms with Gasteiger partial charge < -0.3 is 4.90 Å². The predicted octanol–water partition coefficient (Wildman–Crippen LogP) is 4.88. The van der Waals surface area contributed by atoms with Gasteiger partial charge >= 0.3 is 0 Å². The van der Waals surface area contributed by atoms with E-state index in [0.717, 1.165) is 23.6 Å². The lowest BCUT2D eigenvalue weighted by Gasteiger charge is -2.33. The molecule has 0 aromatic heterocycles. The number of benzene rings is 2. The molecule has 1 atom stereocenters. The van der Waals surface area contributed by atoms with E-state index in [0.29, 0.717) is 6.54 Å². The van der Waals surface area contributed by atoms with Gasteiger partial charge in [0.1, 0.15) is 10.7 Å².